The standard InChI is InChI=1S/C20H28ClN3O5/c1-11(2)29-20(28)19-18(21)17(16(24-19)7-23-6-5-22)13-4-3-12(8-25)14(9-26)15(13)10-27/h3-4,11,23-27H,5-10,22H2,1-2H3. The molecule has 0 aliphatic heterocycles. The van der Waals surface area contributed by atoms with Crippen molar-refractivity contribution in [2.45, 2.75) is 46.3 Å². The quantitative estimate of drug-likeness (QED) is 0.250. The van der Waals surface area contributed by atoms with E-state index in [2.05, 4.69) is 10.3 Å². The molecule has 8 nitrogen and oxygen atoms in total. The molecule has 0 amide bonds. The van der Waals surface area contributed by atoms with Crippen LogP contribution in [-0.2, 0) is 31.1 Å². The Bertz CT molecular complexity index is 851. The molecule has 0 spiro atoms. The number of carbonyl (C=O) groups excluding carboxylic acids is 1. The second-order valence-corrected chi connectivity index (χ2v) is 7.17. The minimum absolute atomic E-state index is 0.112. The molecule has 29 heavy (non-hydrogen) atoms. The highest BCUT2D eigenvalue weighted by molar-refractivity contribution is 6.36. The van der Waals surface area contributed by atoms with Crippen LogP contribution in [0.4, 0.5) is 0 Å². The number of H-pyrrole nitrogens is 1. The summed E-state index contributed by atoms with van der Waals surface area (Å²) in [7, 11) is 0. The molecular formula is C20H28ClN3O5. The van der Waals surface area contributed by atoms with Crippen molar-refractivity contribution >= 4 is 17.6 Å². The number of benzene rings is 1. The Kier molecular flexibility index (Phi) is 8.63. The van der Waals surface area contributed by atoms with Crippen LogP contribution in [0, 0.1) is 0 Å². The van der Waals surface area contributed by atoms with Crippen molar-refractivity contribution in [1.29, 1.82) is 0 Å². The third-order valence-electron chi connectivity index (χ3n) is 4.47. The van der Waals surface area contributed by atoms with Gasteiger partial charge in [0, 0.05) is 30.9 Å². The average molecular weight is 426 g/mol. The van der Waals surface area contributed by atoms with Crippen LogP contribution in [0.25, 0.3) is 11.1 Å². The number of esters is 1. The molecule has 0 saturated heterocycles. The topological polar surface area (TPSA) is 141 Å². The SMILES string of the molecule is CC(C)OC(=O)c1[nH]c(CNCCN)c(-c2ccc(CO)c(CO)c2CO)c1Cl. The lowest BCUT2D eigenvalue weighted by Gasteiger charge is -2.16. The summed E-state index contributed by atoms with van der Waals surface area (Å²) in [6.45, 7) is 3.82. The molecule has 0 atom stereocenters. The van der Waals surface area contributed by atoms with Crippen LogP contribution in [0.5, 0.6) is 0 Å². The zero-order valence-corrected chi connectivity index (χ0v) is 17.3. The fraction of sp³-hybridized carbons (Fsp3) is 0.450. The molecule has 0 aliphatic carbocycles. The number of hydrogen-bond donors (Lipinski definition) is 6. The zero-order valence-electron chi connectivity index (χ0n) is 16.6. The van der Waals surface area contributed by atoms with Crippen LogP contribution in [0.15, 0.2) is 12.1 Å². The van der Waals surface area contributed by atoms with E-state index in [4.69, 9.17) is 22.1 Å². The summed E-state index contributed by atoms with van der Waals surface area (Å²) >= 11 is 6.58. The van der Waals surface area contributed by atoms with E-state index >= 15 is 0 Å². The lowest BCUT2D eigenvalue weighted by Crippen LogP contribution is -2.22. The van der Waals surface area contributed by atoms with Crippen molar-refractivity contribution in [3.63, 3.8) is 0 Å². The van der Waals surface area contributed by atoms with Crippen LogP contribution >= 0.6 is 11.6 Å². The minimum atomic E-state index is -0.587. The Morgan fingerprint density at radius 1 is 1.21 bits per heavy atom. The molecule has 0 radical (unpaired) electrons. The fourth-order valence-corrected chi connectivity index (χ4v) is 3.51. The number of aromatic amines is 1. The molecule has 0 bridgehead atoms. The largest absolute Gasteiger partial charge is 0.458 e. The highest BCUT2D eigenvalue weighted by Crippen LogP contribution is 2.39. The molecule has 0 unspecified atom stereocenters. The number of rotatable bonds is 10. The van der Waals surface area contributed by atoms with Crippen molar-refractivity contribution in [1.82, 2.24) is 10.3 Å². The average Bonchev–Trinajstić information content (AvgIpc) is 3.02. The Morgan fingerprint density at radius 3 is 2.45 bits per heavy atom. The van der Waals surface area contributed by atoms with E-state index in [0.29, 0.717) is 53.1 Å². The van der Waals surface area contributed by atoms with E-state index in [1.54, 1.807) is 26.0 Å². The Balaban J connectivity index is 2.66. The lowest BCUT2D eigenvalue weighted by molar-refractivity contribution is 0.0371. The Labute approximate surface area is 174 Å². The smallest absolute Gasteiger partial charge is 0.356 e. The second-order valence-electron chi connectivity index (χ2n) is 6.79. The van der Waals surface area contributed by atoms with E-state index in [-0.39, 0.29) is 36.6 Å². The Hall–Kier alpha value is -1.94. The summed E-state index contributed by atoms with van der Waals surface area (Å²) in [5.74, 6) is -0.587. The normalized spacial score (nSPS) is 11.3. The summed E-state index contributed by atoms with van der Waals surface area (Å²) in [6, 6.07) is 3.36. The lowest BCUT2D eigenvalue weighted by atomic mass is 9.92. The number of carbonyl (C=O) groups is 1. The first-order valence-electron chi connectivity index (χ1n) is 9.38. The molecule has 7 N–H and O–H groups in total. The molecule has 1 heterocycles. The van der Waals surface area contributed by atoms with Gasteiger partial charge in [-0.2, -0.15) is 0 Å². The monoisotopic (exact) mass is 425 g/mol. The molecule has 160 valence electrons. The number of nitrogens with one attached hydrogen (secondary N) is 2. The number of halogens is 1. The van der Waals surface area contributed by atoms with E-state index in [9.17, 15) is 20.1 Å². The number of aliphatic hydroxyl groups excluding tert-OH is 3. The first kappa shape index (κ1) is 23.3. The van der Waals surface area contributed by atoms with Crippen LogP contribution < -0.4 is 11.1 Å². The number of aromatic nitrogens is 1. The summed E-state index contributed by atoms with van der Waals surface area (Å²) in [5, 5.41) is 32.6. The first-order valence-corrected chi connectivity index (χ1v) is 9.75. The van der Waals surface area contributed by atoms with Gasteiger partial charge in [0.1, 0.15) is 5.69 Å². The van der Waals surface area contributed by atoms with Gasteiger partial charge in [-0.3, -0.25) is 0 Å². The van der Waals surface area contributed by atoms with Crippen molar-refractivity contribution in [2.24, 2.45) is 5.73 Å². The first-order chi connectivity index (χ1) is 13.9. The molecule has 0 fully saturated rings. The maximum absolute atomic E-state index is 12.5. The summed E-state index contributed by atoms with van der Waals surface area (Å²) in [5.41, 5.74) is 8.72. The number of aliphatic hydroxyl groups is 3. The van der Waals surface area contributed by atoms with Crippen molar-refractivity contribution in [3.8, 4) is 11.1 Å². The predicted octanol–water partition coefficient (Wildman–Crippen LogP) is 1.43. The molecule has 0 saturated carbocycles. The van der Waals surface area contributed by atoms with Gasteiger partial charge in [0.15, 0.2) is 0 Å². The second kappa shape index (κ2) is 10.7. The molecule has 2 rings (SSSR count). The van der Waals surface area contributed by atoms with Gasteiger partial charge in [-0.1, -0.05) is 23.7 Å². The van der Waals surface area contributed by atoms with Crippen LogP contribution in [0.3, 0.4) is 0 Å². The number of ether oxygens (including phenoxy) is 1. The molecule has 2 aromatic rings. The number of hydrogen-bond acceptors (Lipinski definition) is 7. The summed E-state index contributed by atoms with van der Waals surface area (Å²) < 4.78 is 5.27. The van der Waals surface area contributed by atoms with Gasteiger partial charge in [0.05, 0.1) is 30.9 Å². The van der Waals surface area contributed by atoms with Crippen molar-refractivity contribution < 1.29 is 24.9 Å². The van der Waals surface area contributed by atoms with Gasteiger partial charge in [-0.15, -0.1) is 0 Å². The van der Waals surface area contributed by atoms with Gasteiger partial charge in [-0.25, -0.2) is 4.79 Å². The van der Waals surface area contributed by atoms with Crippen LogP contribution in [0.1, 0.15) is 46.7 Å². The molecule has 1 aromatic carbocycles. The predicted molar refractivity (Wildman–Crippen MR) is 110 cm³/mol. The third-order valence-corrected chi connectivity index (χ3v) is 4.85. The van der Waals surface area contributed by atoms with E-state index in [1.165, 1.54) is 0 Å². The summed E-state index contributed by atoms with van der Waals surface area (Å²) in [6.07, 6.45) is -0.318. The fourth-order valence-electron chi connectivity index (χ4n) is 3.17. The minimum Gasteiger partial charge on any atom is -0.458 e. The maximum Gasteiger partial charge on any atom is 0.356 e. The van der Waals surface area contributed by atoms with Gasteiger partial charge >= 0.3 is 5.97 Å². The zero-order chi connectivity index (χ0) is 21.6. The van der Waals surface area contributed by atoms with E-state index < -0.39 is 5.97 Å². The van der Waals surface area contributed by atoms with Gasteiger partial charge in [-0.05, 0) is 36.1 Å². The van der Waals surface area contributed by atoms with Crippen LogP contribution in [0.2, 0.25) is 5.02 Å². The van der Waals surface area contributed by atoms with Crippen molar-refractivity contribution in [3.05, 3.63) is 45.2 Å². The van der Waals surface area contributed by atoms with Crippen LogP contribution in [-0.4, -0.2) is 45.5 Å². The molecule has 0 aliphatic rings. The molecule has 9 heteroatoms. The Morgan fingerprint density at radius 2 is 1.90 bits per heavy atom. The van der Waals surface area contributed by atoms with Gasteiger partial charge in [0.2, 0.25) is 0 Å². The third kappa shape index (κ3) is 5.16. The summed E-state index contributed by atoms with van der Waals surface area (Å²) in [4.78, 5) is 15.5. The number of nitrogens with two attached hydrogens (primary N) is 1. The van der Waals surface area contributed by atoms with Crippen molar-refractivity contribution in [2.75, 3.05) is 13.1 Å². The highest BCUT2D eigenvalue weighted by Gasteiger charge is 2.26. The maximum atomic E-state index is 12.5. The van der Waals surface area contributed by atoms with E-state index in [1.807, 2.05) is 0 Å². The molecular weight excluding hydrogens is 398 g/mol. The van der Waals surface area contributed by atoms with Gasteiger partial charge < -0.3 is 36.1 Å². The molecule has 1 aromatic heterocycles. The van der Waals surface area contributed by atoms with E-state index in [0.717, 1.165) is 0 Å². The highest BCUT2D eigenvalue weighted by atomic mass is 35.5. The van der Waals surface area contributed by atoms with Gasteiger partial charge in [0.25, 0.3) is 0 Å².